The van der Waals surface area contributed by atoms with Gasteiger partial charge in [0.05, 0.1) is 18.3 Å². The zero-order valence-corrected chi connectivity index (χ0v) is 23.4. The Hall–Kier alpha value is -4.17. The molecule has 0 unspecified atom stereocenters. The molecule has 1 amide bonds. The molecule has 0 spiro atoms. The van der Waals surface area contributed by atoms with Gasteiger partial charge < -0.3 is 24.8 Å². The third kappa shape index (κ3) is 5.38. The van der Waals surface area contributed by atoms with Crippen molar-refractivity contribution in [2.24, 2.45) is 5.92 Å². The number of thiocarbonyl (C=S) groups is 1. The Morgan fingerprint density at radius 2 is 1.85 bits per heavy atom. The number of hydrogen-bond donors (Lipinski definition) is 2. The SMILES string of the molecule is CCOc1ccc(-n2cccc2[C@H]2[C@@H](c3ccccn3)NC(=S)N2c2ccc(NC(=O)C(C)C)c(C)c2)cc1. The number of nitrogens with one attached hydrogen (secondary N) is 2. The van der Waals surface area contributed by atoms with Gasteiger partial charge in [0.15, 0.2) is 5.11 Å². The first-order chi connectivity index (χ1) is 18.9. The Labute approximate surface area is 234 Å². The van der Waals surface area contributed by atoms with E-state index in [1.165, 1.54) is 0 Å². The Kier molecular flexibility index (Phi) is 7.65. The van der Waals surface area contributed by atoms with Crippen LogP contribution in [-0.4, -0.2) is 27.2 Å². The summed E-state index contributed by atoms with van der Waals surface area (Å²) in [7, 11) is 0. The number of ether oxygens (including phenoxy) is 1. The van der Waals surface area contributed by atoms with E-state index in [2.05, 4.69) is 61.6 Å². The first-order valence-electron chi connectivity index (χ1n) is 13.2. The van der Waals surface area contributed by atoms with E-state index in [1.807, 2.05) is 76.4 Å². The van der Waals surface area contributed by atoms with E-state index in [9.17, 15) is 4.79 Å². The fourth-order valence-electron chi connectivity index (χ4n) is 4.89. The third-order valence-corrected chi connectivity index (χ3v) is 7.19. The van der Waals surface area contributed by atoms with Crippen LogP contribution in [0.1, 0.15) is 49.8 Å². The van der Waals surface area contributed by atoms with Gasteiger partial charge in [-0.05, 0) is 98.4 Å². The van der Waals surface area contributed by atoms with E-state index in [0.29, 0.717) is 11.7 Å². The lowest BCUT2D eigenvalue weighted by Gasteiger charge is -2.29. The Balaban J connectivity index is 1.57. The van der Waals surface area contributed by atoms with Gasteiger partial charge in [-0.2, -0.15) is 0 Å². The monoisotopic (exact) mass is 539 g/mol. The molecule has 1 saturated heterocycles. The molecule has 39 heavy (non-hydrogen) atoms. The maximum absolute atomic E-state index is 12.3. The van der Waals surface area contributed by atoms with Crippen LogP contribution in [0.2, 0.25) is 0 Å². The van der Waals surface area contributed by atoms with Gasteiger partial charge in [0.2, 0.25) is 5.91 Å². The number of carbonyl (C=O) groups is 1. The van der Waals surface area contributed by atoms with E-state index in [1.54, 1.807) is 0 Å². The highest BCUT2D eigenvalue weighted by atomic mass is 32.1. The molecule has 0 bridgehead atoms. The molecular weight excluding hydrogens is 506 g/mol. The van der Waals surface area contributed by atoms with Crippen molar-refractivity contribution in [3.05, 3.63) is 102 Å². The minimum absolute atomic E-state index is 0.00881. The second-order valence-electron chi connectivity index (χ2n) is 9.87. The van der Waals surface area contributed by atoms with Crippen molar-refractivity contribution in [2.75, 3.05) is 16.8 Å². The van der Waals surface area contributed by atoms with Crippen LogP contribution in [0, 0.1) is 12.8 Å². The molecule has 200 valence electrons. The van der Waals surface area contributed by atoms with Crippen LogP contribution in [0.3, 0.4) is 0 Å². The van der Waals surface area contributed by atoms with Gasteiger partial charge in [-0.25, -0.2) is 0 Å². The lowest BCUT2D eigenvalue weighted by Crippen LogP contribution is -2.30. The number of pyridine rings is 1. The van der Waals surface area contributed by atoms with Crippen molar-refractivity contribution in [3.8, 4) is 11.4 Å². The summed E-state index contributed by atoms with van der Waals surface area (Å²) >= 11 is 5.93. The number of nitrogens with zero attached hydrogens (tertiary/aromatic N) is 3. The highest BCUT2D eigenvalue weighted by Crippen LogP contribution is 2.43. The number of amides is 1. The van der Waals surface area contributed by atoms with Gasteiger partial charge in [0, 0.05) is 41.1 Å². The maximum atomic E-state index is 12.3. The lowest BCUT2D eigenvalue weighted by atomic mass is 10.00. The number of carbonyl (C=O) groups excluding carboxylic acids is 1. The molecule has 0 radical (unpaired) electrons. The van der Waals surface area contributed by atoms with Crippen LogP contribution in [0.25, 0.3) is 5.69 Å². The molecule has 0 aliphatic carbocycles. The van der Waals surface area contributed by atoms with Crippen molar-refractivity contribution >= 4 is 34.6 Å². The van der Waals surface area contributed by atoms with Crippen LogP contribution >= 0.6 is 12.2 Å². The lowest BCUT2D eigenvalue weighted by molar-refractivity contribution is -0.118. The van der Waals surface area contributed by atoms with E-state index in [-0.39, 0.29) is 23.9 Å². The first-order valence-corrected chi connectivity index (χ1v) is 13.6. The summed E-state index contributed by atoms with van der Waals surface area (Å²) in [5.74, 6) is 0.732. The van der Waals surface area contributed by atoms with Crippen LogP contribution in [-0.2, 0) is 4.79 Å². The summed E-state index contributed by atoms with van der Waals surface area (Å²) in [5, 5.41) is 7.18. The average molecular weight is 540 g/mol. The van der Waals surface area contributed by atoms with Gasteiger partial charge in [-0.15, -0.1) is 0 Å². The first kappa shape index (κ1) is 26.4. The third-order valence-electron chi connectivity index (χ3n) is 6.88. The Morgan fingerprint density at radius 1 is 1.08 bits per heavy atom. The molecule has 1 fully saturated rings. The topological polar surface area (TPSA) is 71.4 Å². The second-order valence-corrected chi connectivity index (χ2v) is 10.3. The van der Waals surface area contributed by atoms with Crippen molar-refractivity contribution < 1.29 is 9.53 Å². The van der Waals surface area contributed by atoms with Gasteiger partial charge >= 0.3 is 0 Å². The fourth-order valence-corrected chi connectivity index (χ4v) is 5.23. The number of aryl methyl sites for hydroxylation is 1. The molecule has 2 N–H and O–H groups in total. The number of aromatic nitrogens is 2. The molecule has 5 rings (SSSR count). The van der Waals surface area contributed by atoms with Gasteiger partial charge in [-0.3, -0.25) is 9.78 Å². The highest BCUT2D eigenvalue weighted by Gasteiger charge is 2.42. The molecule has 7 nitrogen and oxygen atoms in total. The largest absolute Gasteiger partial charge is 0.494 e. The van der Waals surface area contributed by atoms with Crippen molar-refractivity contribution in [1.29, 1.82) is 0 Å². The minimum Gasteiger partial charge on any atom is -0.494 e. The van der Waals surface area contributed by atoms with Crippen molar-refractivity contribution in [3.63, 3.8) is 0 Å². The molecular formula is C31H33N5O2S. The molecule has 2 atom stereocenters. The summed E-state index contributed by atoms with van der Waals surface area (Å²) in [6.45, 7) is 8.37. The molecule has 0 saturated carbocycles. The average Bonchev–Trinajstić information content (AvgIpc) is 3.55. The standard InChI is InChI=1S/C31H33N5O2S/c1-5-38-24-14-11-22(12-15-24)35-18-8-10-27(35)29-28(26-9-6-7-17-32-26)34-31(39)36(29)23-13-16-25(21(4)19-23)33-30(37)20(2)3/h6-20,28-29H,5H2,1-4H3,(H,33,37)(H,34,39)/t28-,29+/m1/s1. The predicted octanol–water partition coefficient (Wildman–Crippen LogP) is 6.35. The van der Waals surface area contributed by atoms with Crippen LogP contribution in [0.4, 0.5) is 11.4 Å². The smallest absolute Gasteiger partial charge is 0.226 e. The maximum Gasteiger partial charge on any atom is 0.226 e. The molecule has 4 aromatic rings. The second kappa shape index (κ2) is 11.3. The van der Waals surface area contributed by atoms with E-state index >= 15 is 0 Å². The quantitative estimate of drug-likeness (QED) is 0.254. The normalized spacial score (nSPS) is 16.8. The van der Waals surface area contributed by atoms with Crippen molar-refractivity contribution in [1.82, 2.24) is 14.9 Å². The van der Waals surface area contributed by atoms with Crippen LogP contribution in [0.5, 0.6) is 5.75 Å². The Morgan fingerprint density at radius 3 is 2.51 bits per heavy atom. The molecule has 1 aliphatic rings. The summed E-state index contributed by atoms with van der Waals surface area (Å²) in [4.78, 5) is 19.2. The summed E-state index contributed by atoms with van der Waals surface area (Å²) in [6.07, 6.45) is 3.87. The van der Waals surface area contributed by atoms with E-state index in [0.717, 1.165) is 39.8 Å². The number of anilines is 2. The van der Waals surface area contributed by atoms with Crippen LogP contribution in [0.15, 0.2) is 85.2 Å². The number of rotatable bonds is 8. The molecule has 2 aromatic carbocycles. The highest BCUT2D eigenvalue weighted by molar-refractivity contribution is 7.80. The summed E-state index contributed by atoms with van der Waals surface area (Å²) < 4.78 is 7.83. The van der Waals surface area contributed by atoms with Gasteiger partial charge in [-0.1, -0.05) is 19.9 Å². The summed E-state index contributed by atoms with van der Waals surface area (Å²) in [5.41, 5.74) is 5.70. The fraction of sp³-hybridized carbons (Fsp3) is 0.258. The van der Waals surface area contributed by atoms with Gasteiger partial charge in [0.1, 0.15) is 11.8 Å². The molecule has 1 aliphatic heterocycles. The summed E-state index contributed by atoms with van der Waals surface area (Å²) in [6, 6.07) is 23.9. The van der Waals surface area contributed by atoms with Crippen molar-refractivity contribution in [2.45, 2.75) is 39.8 Å². The van der Waals surface area contributed by atoms with E-state index < -0.39 is 0 Å². The zero-order valence-electron chi connectivity index (χ0n) is 22.6. The van der Waals surface area contributed by atoms with Gasteiger partial charge in [0.25, 0.3) is 0 Å². The molecule has 2 aromatic heterocycles. The Bertz CT molecular complexity index is 1470. The number of benzene rings is 2. The zero-order chi connectivity index (χ0) is 27.5. The predicted molar refractivity (Wildman–Crippen MR) is 160 cm³/mol. The number of hydrogen-bond acceptors (Lipinski definition) is 4. The minimum atomic E-state index is -0.176. The molecule has 8 heteroatoms. The molecule has 3 heterocycles. The van der Waals surface area contributed by atoms with Crippen LogP contribution < -0.4 is 20.3 Å². The van der Waals surface area contributed by atoms with E-state index in [4.69, 9.17) is 17.0 Å².